The van der Waals surface area contributed by atoms with Gasteiger partial charge in [-0.2, -0.15) is 0 Å². The van der Waals surface area contributed by atoms with E-state index in [2.05, 4.69) is 22.2 Å². The first-order chi connectivity index (χ1) is 8.79. The zero-order chi connectivity index (χ0) is 12.8. The van der Waals surface area contributed by atoms with Crippen LogP contribution in [0.3, 0.4) is 0 Å². The first-order valence-corrected chi connectivity index (χ1v) is 6.34. The summed E-state index contributed by atoms with van der Waals surface area (Å²) in [7, 11) is 0. The Morgan fingerprint density at radius 3 is 2.83 bits per heavy atom. The van der Waals surface area contributed by atoms with Gasteiger partial charge in [0.05, 0.1) is 22.9 Å². The lowest BCUT2D eigenvalue weighted by atomic mass is 10.2. The van der Waals surface area contributed by atoms with Crippen LogP contribution in [0.4, 0.5) is 0 Å². The van der Waals surface area contributed by atoms with Gasteiger partial charge in [0, 0.05) is 19.2 Å². The molecule has 0 saturated heterocycles. The fraction of sp³-hybridized carbons (Fsp3) is 0.429. The van der Waals surface area contributed by atoms with Gasteiger partial charge in [-0.3, -0.25) is 4.98 Å². The zero-order valence-corrected chi connectivity index (χ0v) is 10.6. The van der Waals surface area contributed by atoms with Gasteiger partial charge in [0.25, 0.3) is 0 Å². The normalized spacial score (nSPS) is 12.8. The fourth-order valence-electron chi connectivity index (χ4n) is 1.86. The Balaban J connectivity index is 1.95. The Hall–Kier alpha value is -1.52. The number of rotatable bonds is 6. The number of benzene rings is 1. The van der Waals surface area contributed by atoms with Gasteiger partial charge in [0.2, 0.25) is 0 Å². The van der Waals surface area contributed by atoms with Crippen molar-refractivity contribution in [2.24, 2.45) is 0 Å². The van der Waals surface area contributed by atoms with Gasteiger partial charge in [-0.1, -0.05) is 12.1 Å². The Labute approximate surface area is 107 Å². The average molecular weight is 245 g/mol. The largest absolute Gasteiger partial charge is 0.396 e. The number of para-hydroxylation sites is 2. The summed E-state index contributed by atoms with van der Waals surface area (Å²) in [5.41, 5.74) is 2.80. The Bertz CT molecular complexity index is 501. The predicted octanol–water partition coefficient (Wildman–Crippen LogP) is 1.88. The van der Waals surface area contributed by atoms with Gasteiger partial charge in [0.1, 0.15) is 0 Å². The predicted molar refractivity (Wildman–Crippen MR) is 72.2 cm³/mol. The van der Waals surface area contributed by atoms with E-state index in [4.69, 9.17) is 5.11 Å². The number of nitrogens with one attached hydrogen (secondary N) is 1. The number of nitrogens with zero attached hydrogens (tertiary/aromatic N) is 2. The molecule has 96 valence electrons. The minimum Gasteiger partial charge on any atom is -0.396 e. The summed E-state index contributed by atoms with van der Waals surface area (Å²) in [5, 5.41) is 12.2. The lowest BCUT2D eigenvalue weighted by Gasteiger charge is -2.12. The number of aromatic nitrogens is 2. The fourth-order valence-corrected chi connectivity index (χ4v) is 1.86. The Morgan fingerprint density at radius 2 is 2.06 bits per heavy atom. The van der Waals surface area contributed by atoms with Crippen molar-refractivity contribution in [3.63, 3.8) is 0 Å². The summed E-state index contributed by atoms with van der Waals surface area (Å²) >= 11 is 0. The molecule has 2 rings (SSSR count). The average Bonchev–Trinajstić information content (AvgIpc) is 2.42. The van der Waals surface area contributed by atoms with Crippen molar-refractivity contribution < 1.29 is 5.11 Å². The second-order valence-corrected chi connectivity index (χ2v) is 4.50. The van der Waals surface area contributed by atoms with E-state index in [0.29, 0.717) is 12.6 Å². The lowest BCUT2D eigenvalue weighted by Crippen LogP contribution is -2.26. The number of aliphatic hydroxyl groups excluding tert-OH is 1. The molecule has 0 bridgehead atoms. The van der Waals surface area contributed by atoms with E-state index in [9.17, 15) is 0 Å². The Kier molecular flexibility index (Phi) is 4.61. The standard InChI is InChI=1S/C14H19N3O/c1-11(5-4-8-18)15-9-12-10-16-13-6-2-3-7-14(13)17-12/h2-3,6-7,10-11,15,18H,4-5,8-9H2,1H3. The van der Waals surface area contributed by atoms with E-state index < -0.39 is 0 Å². The summed E-state index contributed by atoms with van der Waals surface area (Å²) in [5.74, 6) is 0. The first kappa shape index (κ1) is 12.9. The molecule has 0 aliphatic heterocycles. The van der Waals surface area contributed by atoms with Crippen LogP contribution in [0.25, 0.3) is 11.0 Å². The molecule has 2 N–H and O–H groups in total. The van der Waals surface area contributed by atoms with Crippen LogP contribution in [0.1, 0.15) is 25.5 Å². The van der Waals surface area contributed by atoms with Crippen molar-refractivity contribution in [2.75, 3.05) is 6.61 Å². The van der Waals surface area contributed by atoms with Crippen molar-refractivity contribution in [2.45, 2.75) is 32.4 Å². The quantitative estimate of drug-likeness (QED) is 0.816. The van der Waals surface area contributed by atoms with Gasteiger partial charge >= 0.3 is 0 Å². The molecular weight excluding hydrogens is 226 g/mol. The van der Waals surface area contributed by atoms with Crippen LogP contribution in [0.15, 0.2) is 30.5 Å². The maximum absolute atomic E-state index is 8.77. The van der Waals surface area contributed by atoms with E-state index in [-0.39, 0.29) is 6.61 Å². The molecule has 0 fully saturated rings. The smallest absolute Gasteiger partial charge is 0.0890 e. The summed E-state index contributed by atoms with van der Waals surface area (Å²) in [6.07, 6.45) is 3.61. The van der Waals surface area contributed by atoms with E-state index in [1.165, 1.54) is 0 Å². The summed E-state index contributed by atoms with van der Waals surface area (Å²) < 4.78 is 0. The molecule has 1 aromatic carbocycles. The number of hydrogen-bond acceptors (Lipinski definition) is 4. The summed E-state index contributed by atoms with van der Waals surface area (Å²) in [6.45, 7) is 3.08. The molecule has 0 aliphatic rings. The van der Waals surface area contributed by atoms with Gasteiger partial charge < -0.3 is 10.4 Å². The molecule has 0 radical (unpaired) electrons. The van der Waals surface area contributed by atoms with E-state index in [1.54, 1.807) is 0 Å². The molecule has 0 amide bonds. The zero-order valence-electron chi connectivity index (χ0n) is 10.6. The highest BCUT2D eigenvalue weighted by Crippen LogP contribution is 2.08. The maximum Gasteiger partial charge on any atom is 0.0890 e. The maximum atomic E-state index is 8.77. The molecule has 1 unspecified atom stereocenters. The van der Waals surface area contributed by atoms with Gasteiger partial charge in [-0.05, 0) is 31.9 Å². The van der Waals surface area contributed by atoms with Crippen molar-refractivity contribution in [1.82, 2.24) is 15.3 Å². The lowest BCUT2D eigenvalue weighted by molar-refractivity contribution is 0.276. The van der Waals surface area contributed by atoms with E-state index in [0.717, 1.165) is 29.6 Å². The van der Waals surface area contributed by atoms with Crippen molar-refractivity contribution >= 4 is 11.0 Å². The van der Waals surface area contributed by atoms with Gasteiger partial charge in [0.15, 0.2) is 0 Å². The molecule has 1 heterocycles. The second kappa shape index (κ2) is 6.42. The van der Waals surface area contributed by atoms with Crippen LogP contribution >= 0.6 is 0 Å². The molecule has 18 heavy (non-hydrogen) atoms. The van der Waals surface area contributed by atoms with Crippen molar-refractivity contribution in [3.05, 3.63) is 36.2 Å². The molecule has 4 heteroatoms. The third-order valence-corrected chi connectivity index (χ3v) is 2.93. The molecular formula is C14H19N3O. The topological polar surface area (TPSA) is 58.0 Å². The monoisotopic (exact) mass is 245 g/mol. The number of fused-ring (bicyclic) bond motifs is 1. The Morgan fingerprint density at radius 1 is 1.28 bits per heavy atom. The van der Waals surface area contributed by atoms with E-state index in [1.807, 2.05) is 30.5 Å². The van der Waals surface area contributed by atoms with Crippen LogP contribution in [0, 0.1) is 0 Å². The molecule has 1 aromatic heterocycles. The minimum atomic E-state index is 0.252. The van der Waals surface area contributed by atoms with Crippen molar-refractivity contribution in [1.29, 1.82) is 0 Å². The third-order valence-electron chi connectivity index (χ3n) is 2.93. The van der Waals surface area contributed by atoms with Crippen molar-refractivity contribution in [3.8, 4) is 0 Å². The highest BCUT2D eigenvalue weighted by molar-refractivity contribution is 5.73. The van der Waals surface area contributed by atoms with Gasteiger partial charge in [-0.25, -0.2) is 4.98 Å². The highest BCUT2D eigenvalue weighted by atomic mass is 16.2. The molecule has 0 saturated carbocycles. The number of aliphatic hydroxyl groups is 1. The SMILES string of the molecule is CC(CCCO)NCc1cnc2ccccc2n1. The second-order valence-electron chi connectivity index (χ2n) is 4.50. The molecule has 4 nitrogen and oxygen atoms in total. The van der Waals surface area contributed by atoms with E-state index >= 15 is 0 Å². The van der Waals surface area contributed by atoms with Crippen LogP contribution in [-0.2, 0) is 6.54 Å². The minimum absolute atomic E-state index is 0.252. The summed E-state index contributed by atoms with van der Waals surface area (Å²) in [6, 6.07) is 8.25. The van der Waals surface area contributed by atoms with Crippen LogP contribution in [0.5, 0.6) is 0 Å². The first-order valence-electron chi connectivity index (χ1n) is 6.34. The molecule has 0 spiro atoms. The molecule has 2 aromatic rings. The van der Waals surface area contributed by atoms with Crippen LogP contribution < -0.4 is 5.32 Å². The van der Waals surface area contributed by atoms with Gasteiger partial charge in [-0.15, -0.1) is 0 Å². The molecule has 1 atom stereocenters. The van der Waals surface area contributed by atoms with Crippen LogP contribution in [-0.4, -0.2) is 27.7 Å². The highest BCUT2D eigenvalue weighted by Gasteiger charge is 2.03. The number of hydrogen-bond donors (Lipinski definition) is 2. The third kappa shape index (κ3) is 3.48. The molecule has 0 aliphatic carbocycles. The summed E-state index contributed by atoms with van der Waals surface area (Å²) in [4.78, 5) is 8.93. The van der Waals surface area contributed by atoms with Crippen LogP contribution in [0.2, 0.25) is 0 Å².